The first-order valence-electron chi connectivity index (χ1n) is 17.7. The van der Waals surface area contributed by atoms with Gasteiger partial charge in [0.1, 0.15) is 0 Å². The van der Waals surface area contributed by atoms with Crippen LogP contribution < -0.4 is 10.2 Å². The van der Waals surface area contributed by atoms with Gasteiger partial charge in [0.2, 0.25) is 0 Å². The predicted octanol–water partition coefficient (Wildman–Crippen LogP) is 8.00. The molecule has 0 atom stereocenters. The zero-order valence-corrected chi connectivity index (χ0v) is 33.4. The van der Waals surface area contributed by atoms with Crippen molar-refractivity contribution in [3.05, 3.63) is 84.6 Å². The van der Waals surface area contributed by atoms with Crippen LogP contribution in [-0.4, -0.2) is 61.0 Å². The number of rotatable bonds is 20. The molecule has 0 aliphatic rings. The largest absolute Gasteiger partial charge is 2.00 e. The van der Waals surface area contributed by atoms with E-state index >= 15 is 0 Å². The predicted molar refractivity (Wildman–Crippen MR) is 195 cm³/mol. The summed E-state index contributed by atoms with van der Waals surface area (Å²) in [6.07, 6.45) is 17.8. The first-order chi connectivity index (χ1) is 23.2. The number of carbonyl (C=O) groups is 4. The standard InChI is InChI=1S/2C16H22O4.2C4H9.Sn/c2*1-2-3-4-5-6-9-12-20-16(19)14-11-8-7-10-13(14)15(17)18;2*1-3-4-2;/h2*7-8,10-11H,2-6,9,12H2,1H3,(H,17,18);2*1,3-4H2,2H3;/q;;;;+2/p-2. The summed E-state index contributed by atoms with van der Waals surface area (Å²) in [6.45, 7) is 16.4. The fraction of sp³-hybridized carbons (Fsp3) is 0.550. The van der Waals surface area contributed by atoms with Crippen LogP contribution in [0, 0.1) is 13.8 Å². The average molecular weight is 788 g/mol. The Kier molecular flexibility index (Phi) is 37.5. The van der Waals surface area contributed by atoms with Gasteiger partial charge in [-0.15, -0.1) is 0 Å². The van der Waals surface area contributed by atoms with Crippen LogP contribution in [-0.2, 0) is 9.47 Å². The van der Waals surface area contributed by atoms with Crippen molar-refractivity contribution < 1.29 is 38.9 Å². The van der Waals surface area contributed by atoms with Gasteiger partial charge in [-0.25, -0.2) is 9.59 Å². The van der Waals surface area contributed by atoms with E-state index in [0.717, 1.165) is 51.4 Å². The molecular formula is C40H60O8Sn. The Hall–Kier alpha value is -2.88. The molecule has 0 aromatic heterocycles. The van der Waals surface area contributed by atoms with Crippen LogP contribution in [0.25, 0.3) is 0 Å². The molecule has 0 unspecified atom stereocenters. The van der Waals surface area contributed by atoms with E-state index in [0.29, 0.717) is 13.2 Å². The van der Waals surface area contributed by atoms with Gasteiger partial charge in [-0.3, -0.25) is 0 Å². The van der Waals surface area contributed by atoms with Gasteiger partial charge in [0, 0.05) is 11.1 Å². The minimum atomic E-state index is -1.36. The zero-order valence-electron chi connectivity index (χ0n) is 30.5. The first kappa shape index (κ1) is 50.5. The Bertz CT molecular complexity index is 1030. The van der Waals surface area contributed by atoms with E-state index in [1.807, 2.05) is 0 Å². The number of carboxylic acids is 2. The maximum absolute atomic E-state index is 11.8. The number of carboxylic acid groups (broad SMARTS) is 2. The summed E-state index contributed by atoms with van der Waals surface area (Å²) in [6, 6.07) is 11.9. The molecule has 0 N–H and O–H groups in total. The quantitative estimate of drug-likeness (QED) is 0.0750. The number of esters is 2. The number of unbranched alkanes of at least 4 members (excludes halogenated alkanes) is 12. The summed E-state index contributed by atoms with van der Waals surface area (Å²) < 4.78 is 10.2. The number of carbonyl (C=O) groups excluding carboxylic acids is 4. The van der Waals surface area contributed by atoms with E-state index < -0.39 is 23.9 Å². The van der Waals surface area contributed by atoms with Gasteiger partial charge in [-0.1, -0.05) is 168 Å². The summed E-state index contributed by atoms with van der Waals surface area (Å²) >= 11 is 0. The van der Waals surface area contributed by atoms with Crippen molar-refractivity contribution in [3.8, 4) is 0 Å². The Morgan fingerprint density at radius 2 is 0.755 bits per heavy atom. The fourth-order valence-corrected chi connectivity index (χ4v) is 3.93. The van der Waals surface area contributed by atoms with E-state index in [9.17, 15) is 29.4 Å². The second-order valence-corrected chi connectivity index (χ2v) is 11.2. The molecule has 2 rings (SSSR count). The number of ether oxygens (including phenoxy) is 2. The molecule has 49 heavy (non-hydrogen) atoms. The monoisotopic (exact) mass is 788 g/mol. The summed E-state index contributed by atoms with van der Waals surface area (Å²) in [5.74, 6) is -3.93. The Labute approximate surface area is 313 Å². The zero-order chi connectivity index (χ0) is 36.4. The molecule has 0 bridgehead atoms. The Balaban J connectivity index is -0.000000696. The van der Waals surface area contributed by atoms with E-state index in [2.05, 4.69) is 41.5 Å². The van der Waals surface area contributed by atoms with Crippen LogP contribution >= 0.6 is 0 Å². The van der Waals surface area contributed by atoms with Crippen molar-refractivity contribution in [1.82, 2.24) is 0 Å². The van der Waals surface area contributed by atoms with Gasteiger partial charge >= 0.3 is 35.8 Å². The van der Waals surface area contributed by atoms with Gasteiger partial charge in [0.05, 0.1) is 36.3 Å². The van der Waals surface area contributed by atoms with E-state index in [-0.39, 0.29) is 46.2 Å². The number of hydrogen-bond acceptors (Lipinski definition) is 8. The van der Waals surface area contributed by atoms with E-state index in [4.69, 9.17) is 9.47 Å². The molecule has 9 heteroatoms. The smallest absolute Gasteiger partial charge is 0.545 e. The van der Waals surface area contributed by atoms with E-state index in [1.54, 1.807) is 24.3 Å². The summed E-state index contributed by atoms with van der Waals surface area (Å²) in [7, 11) is 0. The molecule has 0 aliphatic carbocycles. The summed E-state index contributed by atoms with van der Waals surface area (Å²) in [5, 5.41) is 21.8. The molecule has 0 saturated heterocycles. The molecule has 2 aromatic carbocycles. The minimum Gasteiger partial charge on any atom is -0.545 e. The molecule has 0 fully saturated rings. The van der Waals surface area contributed by atoms with Gasteiger partial charge in [0.15, 0.2) is 0 Å². The molecule has 272 valence electrons. The summed E-state index contributed by atoms with van der Waals surface area (Å²) in [4.78, 5) is 45.4. The number of hydrogen-bond donors (Lipinski definition) is 0. The number of aromatic carboxylic acids is 2. The fourth-order valence-electron chi connectivity index (χ4n) is 3.93. The van der Waals surface area contributed by atoms with Crippen molar-refractivity contribution in [2.75, 3.05) is 13.2 Å². The summed E-state index contributed by atoms with van der Waals surface area (Å²) in [5.41, 5.74) is -0.141. The SMILES string of the molecule is CCCCCCCCOC(=O)c1ccccc1C(=O)[O-].CCCCCCCCOC(=O)c1ccccc1C(=O)[O-].[CH2]CCC.[CH2]CCC.[Sn+2]. The second-order valence-electron chi connectivity index (χ2n) is 11.2. The van der Waals surface area contributed by atoms with Crippen molar-refractivity contribution in [3.63, 3.8) is 0 Å². The third kappa shape index (κ3) is 27.6. The van der Waals surface area contributed by atoms with Crippen LogP contribution in [0.5, 0.6) is 0 Å². The molecule has 4 radical (unpaired) electrons. The Morgan fingerprint density at radius 3 is 1.02 bits per heavy atom. The Morgan fingerprint density at radius 1 is 0.490 bits per heavy atom. The molecule has 0 spiro atoms. The van der Waals surface area contributed by atoms with E-state index in [1.165, 1.54) is 75.6 Å². The third-order valence-electron chi connectivity index (χ3n) is 6.90. The van der Waals surface area contributed by atoms with Gasteiger partial charge in [-0.2, -0.15) is 0 Å². The van der Waals surface area contributed by atoms with Crippen molar-refractivity contribution in [2.45, 2.75) is 130 Å². The van der Waals surface area contributed by atoms with Gasteiger partial charge in [0.25, 0.3) is 0 Å². The molecule has 2 aromatic rings. The number of benzene rings is 2. The van der Waals surface area contributed by atoms with Crippen molar-refractivity contribution >= 4 is 47.8 Å². The second kappa shape index (κ2) is 36.4. The van der Waals surface area contributed by atoms with Crippen molar-refractivity contribution in [2.24, 2.45) is 0 Å². The van der Waals surface area contributed by atoms with Crippen LogP contribution in [0.1, 0.15) is 172 Å². The molecule has 0 amide bonds. The van der Waals surface area contributed by atoms with Crippen molar-refractivity contribution in [1.29, 1.82) is 0 Å². The van der Waals surface area contributed by atoms with Crippen LogP contribution in [0.3, 0.4) is 0 Å². The van der Waals surface area contributed by atoms with Gasteiger partial charge in [-0.05, 0) is 25.0 Å². The molecule has 0 aliphatic heterocycles. The van der Waals surface area contributed by atoms with Crippen LogP contribution in [0.4, 0.5) is 0 Å². The topological polar surface area (TPSA) is 133 Å². The molecule has 8 nitrogen and oxygen atoms in total. The molecule has 0 saturated carbocycles. The molecular weight excluding hydrogens is 727 g/mol. The maximum Gasteiger partial charge on any atom is 2.00 e. The van der Waals surface area contributed by atoms with Crippen LogP contribution in [0.15, 0.2) is 48.5 Å². The first-order valence-corrected chi connectivity index (χ1v) is 17.7. The molecule has 0 heterocycles. The normalized spacial score (nSPS) is 9.59. The third-order valence-corrected chi connectivity index (χ3v) is 6.90. The average Bonchev–Trinajstić information content (AvgIpc) is 3.11. The van der Waals surface area contributed by atoms with Gasteiger partial charge < -0.3 is 29.3 Å². The minimum absolute atomic E-state index is 0. The van der Waals surface area contributed by atoms with Crippen LogP contribution in [0.2, 0.25) is 0 Å². The maximum atomic E-state index is 11.8.